The van der Waals surface area contributed by atoms with Crippen LogP contribution in [0.5, 0.6) is 5.75 Å². The van der Waals surface area contributed by atoms with E-state index in [1.807, 2.05) is 0 Å². The number of nitrogens with zero attached hydrogens (tertiary/aromatic N) is 2. The zero-order valence-corrected chi connectivity index (χ0v) is 14.2. The minimum Gasteiger partial charge on any atom is -0.478 e. The fourth-order valence-electron chi connectivity index (χ4n) is 1.96. The van der Waals surface area contributed by atoms with Crippen molar-refractivity contribution < 1.29 is 9.53 Å². The number of ether oxygens (including phenoxy) is 1. The van der Waals surface area contributed by atoms with Crippen LogP contribution < -0.4 is 4.74 Å². The Labute approximate surface area is 144 Å². The maximum absolute atomic E-state index is 12.1. The average molecular weight is 355 g/mol. The third kappa shape index (κ3) is 3.05. The number of thiocarbonyl (C=S) groups is 1. The van der Waals surface area contributed by atoms with E-state index < -0.39 is 0 Å². The lowest BCUT2D eigenvalue weighted by Crippen LogP contribution is -2.26. The molecule has 2 rings (SSSR count). The van der Waals surface area contributed by atoms with E-state index in [9.17, 15) is 4.79 Å². The molecule has 1 aliphatic heterocycles. The van der Waals surface area contributed by atoms with E-state index in [1.165, 1.54) is 4.90 Å². The summed E-state index contributed by atoms with van der Waals surface area (Å²) in [7, 11) is 3.35. The van der Waals surface area contributed by atoms with Crippen LogP contribution in [0.2, 0.25) is 10.0 Å². The van der Waals surface area contributed by atoms with Gasteiger partial charge in [0.25, 0.3) is 5.91 Å². The van der Waals surface area contributed by atoms with Crippen molar-refractivity contribution in [1.82, 2.24) is 9.80 Å². The minimum absolute atomic E-state index is 0.0696. The molecule has 114 valence electrons. The second kappa shape index (κ2) is 6.57. The van der Waals surface area contributed by atoms with E-state index in [0.29, 0.717) is 32.2 Å². The number of benzene rings is 1. The van der Waals surface area contributed by atoms with Crippen molar-refractivity contribution in [3.63, 3.8) is 0 Å². The predicted octanol–water partition coefficient (Wildman–Crippen LogP) is 3.04. The van der Waals surface area contributed by atoms with Crippen LogP contribution in [0.15, 0.2) is 17.8 Å². The van der Waals surface area contributed by atoms with Crippen molar-refractivity contribution in [1.29, 1.82) is 0 Å². The van der Waals surface area contributed by atoms with Crippen LogP contribution in [0.25, 0.3) is 6.08 Å². The fourth-order valence-corrected chi connectivity index (χ4v) is 2.76. The maximum atomic E-state index is 12.1. The number of hydrogen-bond acceptors (Lipinski definition) is 3. The second-order valence-corrected chi connectivity index (χ2v) is 5.72. The Bertz CT molecular complexity index is 702. The normalized spacial score (nSPS) is 16.4. The van der Waals surface area contributed by atoms with Crippen LogP contribution in [0.4, 0.5) is 0 Å². The molecule has 7 heteroatoms. The summed E-state index contributed by atoms with van der Waals surface area (Å²) in [5.41, 5.74) is 1.10. The third-order valence-corrected chi connectivity index (χ3v) is 4.19. The first-order chi connectivity index (χ1) is 10.4. The zero-order chi connectivity index (χ0) is 16.4. The lowest BCUT2D eigenvalue weighted by Gasteiger charge is -2.12. The van der Waals surface area contributed by atoms with Gasteiger partial charge < -0.3 is 9.64 Å². The summed E-state index contributed by atoms with van der Waals surface area (Å²) in [5.74, 6) is 2.48. The first-order valence-electron chi connectivity index (χ1n) is 6.19. The van der Waals surface area contributed by atoms with Crippen LogP contribution in [0.1, 0.15) is 5.56 Å². The van der Waals surface area contributed by atoms with Crippen molar-refractivity contribution in [2.24, 2.45) is 0 Å². The van der Waals surface area contributed by atoms with Crippen molar-refractivity contribution >= 4 is 52.5 Å². The number of likely N-dealkylation sites (N-methyl/N-ethyl adjacent to an activating group) is 2. The Kier molecular flexibility index (Phi) is 4.97. The molecule has 1 aromatic rings. The molecule has 0 unspecified atom stereocenters. The molecule has 0 aliphatic carbocycles. The Balaban J connectivity index is 2.39. The Morgan fingerprint density at radius 2 is 1.91 bits per heavy atom. The lowest BCUT2D eigenvalue weighted by molar-refractivity contribution is -0.121. The molecule has 0 aromatic heterocycles. The molecular formula is C15H12Cl2N2O2S. The van der Waals surface area contributed by atoms with Gasteiger partial charge in [-0.1, -0.05) is 29.1 Å². The van der Waals surface area contributed by atoms with E-state index in [1.54, 1.807) is 37.2 Å². The molecule has 0 spiro atoms. The molecule has 1 aromatic carbocycles. The smallest absolute Gasteiger partial charge is 0.276 e. The second-order valence-electron chi connectivity index (χ2n) is 4.54. The molecule has 1 heterocycles. The van der Waals surface area contributed by atoms with Gasteiger partial charge in [0, 0.05) is 14.1 Å². The standard InChI is InChI=1S/C15H12Cl2N2O2S/c1-4-5-21-13-10(16)6-9(7-11(13)17)8-12-14(20)19(3)15(22)18(12)2/h1,6-8H,5H2,2-3H3. The zero-order valence-electron chi connectivity index (χ0n) is 11.9. The first kappa shape index (κ1) is 16.6. The molecule has 4 nitrogen and oxygen atoms in total. The third-order valence-electron chi connectivity index (χ3n) is 3.08. The van der Waals surface area contributed by atoms with Gasteiger partial charge in [-0.3, -0.25) is 9.69 Å². The quantitative estimate of drug-likeness (QED) is 0.474. The van der Waals surface area contributed by atoms with Crippen LogP contribution in [0, 0.1) is 12.3 Å². The number of hydrogen-bond donors (Lipinski definition) is 0. The van der Waals surface area contributed by atoms with E-state index in [0.717, 1.165) is 0 Å². The van der Waals surface area contributed by atoms with Crippen LogP contribution in [-0.2, 0) is 4.79 Å². The van der Waals surface area contributed by atoms with Gasteiger partial charge in [0.15, 0.2) is 10.9 Å². The topological polar surface area (TPSA) is 32.8 Å². The van der Waals surface area contributed by atoms with Crippen LogP contribution in [-0.4, -0.2) is 41.5 Å². The Hall–Kier alpha value is -1.74. The number of amides is 1. The van der Waals surface area contributed by atoms with Gasteiger partial charge in [-0.15, -0.1) is 6.42 Å². The van der Waals surface area contributed by atoms with Gasteiger partial charge in [-0.05, 0) is 36.0 Å². The van der Waals surface area contributed by atoms with Crippen LogP contribution >= 0.6 is 35.4 Å². The fraction of sp³-hybridized carbons (Fsp3) is 0.200. The van der Waals surface area contributed by atoms with Crippen molar-refractivity contribution in [3.8, 4) is 18.1 Å². The van der Waals surface area contributed by atoms with Crippen molar-refractivity contribution in [3.05, 3.63) is 33.4 Å². The number of rotatable bonds is 3. The Morgan fingerprint density at radius 3 is 2.36 bits per heavy atom. The van der Waals surface area contributed by atoms with E-state index in [2.05, 4.69) is 5.92 Å². The number of halogens is 2. The van der Waals surface area contributed by atoms with Gasteiger partial charge in [0.1, 0.15) is 12.3 Å². The lowest BCUT2D eigenvalue weighted by atomic mass is 10.1. The van der Waals surface area contributed by atoms with E-state index in [4.69, 9.17) is 46.6 Å². The molecule has 0 N–H and O–H groups in total. The summed E-state index contributed by atoms with van der Waals surface area (Å²) in [5, 5.41) is 1.07. The predicted molar refractivity (Wildman–Crippen MR) is 91.9 cm³/mol. The maximum Gasteiger partial charge on any atom is 0.276 e. The highest BCUT2D eigenvalue weighted by Gasteiger charge is 2.32. The highest BCUT2D eigenvalue weighted by Crippen LogP contribution is 2.35. The van der Waals surface area contributed by atoms with Gasteiger partial charge in [0.2, 0.25) is 0 Å². The molecule has 1 saturated heterocycles. The molecule has 1 amide bonds. The summed E-state index contributed by atoms with van der Waals surface area (Å²) >= 11 is 17.4. The molecule has 1 fully saturated rings. The molecular weight excluding hydrogens is 343 g/mol. The number of carbonyl (C=O) groups is 1. The number of terminal acetylenes is 1. The largest absolute Gasteiger partial charge is 0.478 e. The molecule has 0 saturated carbocycles. The average Bonchev–Trinajstić information content (AvgIpc) is 2.64. The first-order valence-corrected chi connectivity index (χ1v) is 7.36. The summed E-state index contributed by atoms with van der Waals surface area (Å²) in [6.45, 7) is 0.0696. The monoisotopic (exact) mass is 354 g/mol. The minimum atomic E-state index is -0.188. The number of carbonyl (C=O) groups excluding carboxylic acids is 1. The van der Waals surface area contributed by atoms with E-state index in [-0.39, 0.29) is 12.5 Å². The van der Waals surface area contributed by atoms with Gasteiger partial charge in [0.05, 0.1) is 10.0 Å². The summed E-state index contributed by atoms with van der Waals surface area (Å²) in [6.07, 6.45) is 6.81. The van der Waals surface area contributed by atoms with Gasteiger partial charge >= 0.3 is 0 Å². The highest BCUT2D eigenvalue weighted by molar-refractivity contribution is 7.80. The molecule has 0 bridgehead atoms. The van der Waals surface area contributed by atoms with Crippen molar-refractivity contribution in [2.45, 2.75) is 0 Å². The molecule has 1 aliphatic rings. The summed E-state index contributed by atoms with van der Waals surface area (Å²) in [6, 6.07) is 3.30. The molecule has 0 radical (unpaired) electrons. The highest BCUT2D eigenvalue weighted by atomic mass is 35.5. The molecule has 0 atom stereocenters. The van der Waals surface area contributed by atoms with E-state index >= 15 is 0 Å². The summed E-state index contributed by atoms with van der Waals surface area (Å²) < 4.78 is 5.29. The van der Waals surface area contributed by atoms with Gasteiger partial charge in [-0.25, -0.2) is 0 Å². The molecule has 22 heavy (non-hydrogen) atoms. The van der Waals surface area contributed by atoms with Gasteiger partial charge in [-0.2, -0.15) is 0 Å². The van der Waals surface area contributed by atoms with Crippen molar-refractivity contribution in [2.75, 3.05) is 20.7 Å². The Morgan fingerprint density at radius 1 is 1.32 bits per heavy atom. The SMILES string of the molecule is C#CCOc1c(Cl)cc(C=C2C(=O)N(C)C(=S)N2C)cc1Cl. The summed E-state index contributed by atoms with van der Waals surface area (Å²) in [4.78, 5) is 15.1. The van der Waals surface area contributed by atoms with Crippen LogP contribution in [0.3, 0.4) is 0 Å².